The molecule has 0 unspecified atom stereocenters. The van der Waals surface area contributed by atoms with E-state index in [4.69, 9.17) is 20.9 Å². The number of para-hydroxylation sites is 1. The first-order chi connectivity index (χ1) is 14.9. The number of rotatable bonds is 5. The average molecular weight is 438 g/mol. The van der Waals surface area contributed by atoms with Gasteiger partial charge in [-0.3, -0.25) is 9.59 Å². The highest BCUT2D eigenvalue weighted by Crippen LogP contribution is 2.19. The van der Waals surface area contributed by atoms with Crippen molar-refractivity contribution >= 4 is 34.8 Å². The van der Waals surface area contributed by atoms with Crippen molar-refractivity contribution in [2.24, 2.45) is 0 Å². The Kier molecular flexibility index (Phi) is 5.55. The standard InChI is InChI=1S/C22H16ClN3O5/c1-13-9-19-24-16(11-20(27)26(19)31-13)12-30-22(29)17-7-2-3-8-18(17)25-21(28)14-5-4-6-15(23)10-14/h2-11H,12H2,1H3,(H,25,28). The Balaban J connectivity index is 1.50. The van der Waals surface area contributed by atoms with Crippen LogP contribution in [0.4, 0.5) is 5.69 Å². The summed E-state index contributed by atoms with van der Waals surface area (Å²) in [6.07, 6.45) is 0. The first-order valence-corrected chi connectivity index (χ1v) is 9.61. The van der Waals surface area contributed by atoms with Crippen LogP contribution in [0.1, 0.15) is 32.2 Å². The van der Waals surface area contributed by atoms with Gasteiger partial charge in [-0.1, -0.05) is 29.8 Å². The first kappa shape index (κ1) is 20.4. The zero-order chi connectivity index (χ0) is 22.0. The van der Waals surface area contributed by atoms with Crippen LogP contribution >= 0.6 is 11.6 Å². The fourth-order valence-corrected chi connectivity index (χ4v) is 3.15. The number of nitrogens with one attached hydrogen (secondary N) is 1. The highest BCUT2D eigenvalue weighted by atomic mass is 35.5. The number of benzene rings is 2. The third kappa shape index (κ3) is 4.49. The summed E-state index contributed by atoms with van der Waals surface area (Å²) < 4.78 is 11.6. The fourth-order valence-electron chi connectivity index (χ4n) is 2.96. The molecule has 0 aliphatic carbocycles. The molecule has 0 bridgehead atoms. The van der Waals surface area contributed by atoms with Crippen molar-refractivity contribution in [1.82, 2.24) is 9.56 Å². The SMILES string of the molecule is Cc1cc2nc(COC(=O)c3ccccc3NC(=O)c3cccc(Cl)c3)cc(=O)n2o1. The van der Waals surface area contributed by atoms with Crippen molar-refractivity contribution in [3.8, 4) is 0 Å². The van der Waals surface area contributed by atoms with E-state index >= 15 is 0 Å². The van der Waals surface area contributed by atoms with Crippen LogP contribution in [0, 0.1) is 6.92 Å². The largest absolute Gasteiger partial charge is 0.456 e. The summed E-state index contributed by atoms with van der Waals surface area (Å²) in [5.74, 6) is -0.561. The molecule has 1 N–H and O–H groups in total. The number of carbonyl (C=O) groups excluding carboxylic acids is 2. The monoisotopic (exact) mass is 437 g/mol. The van der Waals surface area contributed by atoms with Crippen LogP contribution in [0.5, 0.6) is 0 Å². The lowest BCUT2D eigenvalue weighted by Crippen LogP contribution is -2.17. The molecule has 0 radical (unpaired) electrons. The van der Waals surface area contributed by atoms with Gasteiger partial charge in [0.1, 0.15) is 12.4 Å². The van der Waals surface area contributed by atoms with Gasteiger partial charge in [-0.2, -0.15) is 0 Å². The molecule has 9 heteroatoms. The zero-order valence-corrected chi connectivity index (χ0v) is 17.1. The molecule has 0 aliphatic heterocycles. The van der Waals surface area contributed by atoms with Gasteiger partial charge >= 0.3 is 5.97 Å². The van der Waals surface area contributed by atoms with Crippen molar-refractivity contribution in [2.75, 3.05) is 5.32 Å². The van der Waals surface area contributed by atoms with Crippen LogP contribution in [0.25, 0.3) is 5.65 Å². The average Bonchev–Trinajstić information content (AvgIpc) is 3.13. The van der Waals surface area contributed by atoms with Crippen LogP contribution in [0.15, 0.2) is 70.0 Å². The van der Waals surface area contributed by atoms with Gasteiger partial charge in [0.05, 0.1) is 16.9 Å². The molecule has 0 fully saturated rings. The van der Waals surface area contributed by atoms with Gasteiger partial charge in [0.2, 0.25) is 0 Å². The predicted octanol–water partition coefficient (Wildman–Crippen LogP) is 3.86. The second-order valence-electron chi connectivity index (χ2n) is 6.67. The van der Waals surface area contributed by atoms with Crippen LogP contribution < -0.4 is 10.9 Å². The Bertz CT molecular complexity index is 1360. The number of halogens is 1. The number of fused-ring (bicyclic) bond motifs is 1. The lowest BCUT2D eigenvalue weighted by Gasteiger charge is -2.11. The number of carbonyl (C=O) groups is 2. The molecule has 8 nitrogen and oxygen atoms in total. The van der Waals surface area contributed by atoms with Crippen molar-refractivity contribution in [2.45, 2.75) is 13.5 Å². The molecule has 1 amide bonds. The van der Waals surface area contributed by atoms with E-state index in [1.54, 1.807) is 49.4 Å². The van der Waals surface area contributed by atoms with Crippen molar-refractivity contribution < 1.29 is 18.8 Å². The van der Waals surface area contributed by atoms with E-state index in [9.17, 15) is 14.4 Å². The third-order valence-corrected chi connectivity index (χ3v) is 4.59. The number of ether oxygens (including phenoxy) is 1. The van der Waals surface area contributed by atoms with Crippen LogP contribution in [-0.2, 0) is 11.3 Å². The molecule has 0 aliphatic rings. The van der Waals surface area contributed by atoms with E-state index in [1.807, 2.05) is 0 Å². The zero-order valence-electron chi connectivity index (χ0n) is 16.3. The van der Waals surface area contributed by atoms with Crippen LogP contribution in [0.2, 0.25) is 5.02 Å². The molecule has 0 saturated heterocycles. The molecular weight excluding hydrogens is 422 g/mol. The number of aromatic nitrogens is 2. The number of anilines is 1. The maximum atomic E-state index is 12.6. The summed E-state index contributed by atoms with van der Waals surface area (Å²) in [5.41, 5.74) is 0.980. The highest BCUT2D eigenvalue weighted by molar-refractivity contribution is 6.31. The Morgan fingerprint density at radius 3 is 2.74 bits per heavy atom. The van der Waals surface area contributed by atoms with Crippen molar-refractivity contribution in [3.63, 3.8) is 0 Å². The van der Waals surface area contributed by atoms with Crippen molar-refractivity contribution in [1.29, 1.82) is 0 Å². The van der Waals surface area contributed by atoms with Gasteiger partial charge in [0.15, 0.2) is 5.65 Å². The summed E-state index contributed by atoms with van der Waals surface area (Å²) in [6.45, 7) is 1.48. The highest BCUT2D eigenvalue weighted by Gasteiger charge is 2.16. The van der Waals surface area contributed by atoms with E-state index in [-0.39, 0.29) is 23.6 Å². The minimum atomic E-state index is -0.674. The molecular formula is C22H16ClN3O5. The Morgan fingerprint density at radius 1 is 1.13 bits per heavy atom. The predicted molar refractivity (Wildman–Crippen MR) is 113 cm³/mol. The number of aryl methyl sites for hydroxylation is 1. The summed E-state index contributed by atoms with van der Waals surface area (Å²) in [4.78, 5) is 41.5. The lowest BCUT2D eigenvalue weighted by molar-refractivity contribution is 0.0469. The van der Waals surface area contributed by atoms with Gasteiger partial charge in [-0.05, 0) is 37.3 Å². The molecule has 0 atom stereocenters. The maximum absolute atomic E-state index is 12.6. The molecule has 156 valence electrons. The number of amides is 1. The van der Waals surface area contributed by atoms with Crippen LogP contribution in [-0.4, -0.2) is 21.4 Å². The van der Waals surface area contributed by atoms with Gasteiger partial charge in [-0.25, -0.2) is 9.78 Å². The van der Waals surface area contributed by atoms with E-state index in [0.29, 0.717) is 22.0 Å². The second kappa shape index (κ2) is 8.45. The van der Waals surface area contributed by atoms with Gasteiger partial charge < -0.3 is 14.6 Å². The Labute approximate surface area is 181 Å². The van der Waals surface area contributed by atoms with Crippen molar-refractivity contribution in [3.05, 3.63) is 98.6 Å². The normalized spacial score (nSPS) is 10.8. The maximum Gasteiger partial charge on any atom is 0.340 e. The fraction of sp³-hybridized carbons (Fsp3) is 0.0909. The second-order valence-corrected chi connectivity index (χ2v) is 7.11. The van der Waals surface area contributed by atoms with Crippen LogP contribution in [0.3, 0.4) is 0 Å². The van der Waals surface area contributed by atoms with Gasteiger partial charge in [-0.15, -0.1) is 4.57 Å². The number of esters is 1. The smallest absolute Gasteiger partial charge is 0.340 e. The molecule has 4 rings (SSSR count). The van der Waals surface area contributed by atoms with E-state index in [0.717, 1.165) is 4.57 Å². The third-order valence-electron chi connectivity index (χ3n) is 4.36. The minimum absolute atomic E-state index is 0.162. The molecule has 4 aromatic rings. The topological polar surface area (TPSA) is 103 Å². The number of hydrogen-bond donors (Lipinski definition) is 1. The van der Waals surface area contributed by atoms with E-state index in [2.05, 4.69) is 10.3 Å². The summed E-state index contributed by atoms with van der Waals surface area (Å²) >= 11 is 5.93. The van der Waals surface area contributed by atoms with Gasteiger partial charge in [0, 0.05) is 22.7 Å². The van der Waals surface area contributed by atoms with Gasteiger partial charge in [0.25, 0.3) is 11.5 Å². The lowest BCUT2D eigenvalue weighted by atomic mass is 10.1. The summed E-state index contributed by atoms with van der Waals surface area (Å²) in [7, 11) is 0. The molecule has 31 heavy (non-hydrogen) atoms. The number of hydrogen-bond acceptors (Lipinski definition) is 6. The molecule has 0 spiro atoms. The molecule has 0 saturated carbocycles. The minimum Gasteiger partial charge on any atom is -0.456 e. The first-order valence-electron chi connectivity index (χ1n) is 9.23. The summed E-state index contributed by atoms with van der Waals surface area (Å²) in [6, 6.07) is 15.7. The van der Waals surface area contributed by atoms with E-state index < -0.39 is 17.4 Å². The number of nitrogens with zero attached hydrogens (tertiary/aromatic N) is 2. The molecule has 2 aromatic heterocycles. The molecule has 2 aromatic carbocycles. The molecule has 2 heterocycles. The summed E-state index contributed by atoms with van der Waals surface area (Å²) in [5, 5.41) is 3.11. The Morgan fingerprint density at radius 2 is 1.94 bits per heavy atom. The Hall–Kier alpha value is -3.91. The quantitative estimate of drug-likeness (QED) is 0.475. The van der Waals surface area contributed by atoms with E-state index in [1.165, 1.54) is 18.2 Å².